The van der Waals surface area contributed by atoms with Crippen molar-refractivity contribution in [3.05, 3.63) is 22.5 Å². The largest absolute Gasteiger partial charge is 0.291 e. The van der Waals surface area contributed by atoms with E-state index in [-0.39, 0.29) is 5.91 Å². The number of nitrogens with one attached hydrogen (secondary N) is 1. The average molecular weight is 215 g/mol. The Morgan fingerprint density at radius 3 is 2.79 bits per heavy atom. The van der Waals surface area contributed by atoms with Gasteiger partial charge >= 0.3 is 0 Å². The van der Waals surface area contributed by atoms with E-state index in [2.05, 4.69) is 5.10 Å². The van der Waals surface area contributed by atoms with Gasteiger partial charge in [-0.25, -0.2) is 5.84 Å². The van der Waals surface area contributed by atoms with E-state index in [1.54, 1.807) is 13.1 Å². The van der Waals surface area contributed by atoms with E-state index < -0.39 is 0 Å². The second kappa shape index (κ2) is 4.26. The Kier molecular flexibility index (Phi) is 3.27. The summed E-state index contributed by atoms with van der Waals surface area (Å²) in [4.78, 5) is 10.8. The number of amides is 1. The average Bonchev–Trinajstić information content (AvgIpc) is 2.39. The third kappa shape index (κ3) is 2.12. The molecule has 14 heavy (non-hydrogen) atoms. The van der Waals surface area contributed by atoms with Crippen LogP contribution >= 0.6 is 11.6 Å². The molecule has 0 radical (unpaired) electrons. The maximum absolute atomic E-state index is 10.8. The van der Waals surface area contributed by atoms with Crippen molar-refractivity contribution in [1.29, 1.82) is 0 Å². The highest BCUT2D eigenvalue weighted by atomic mass is 35.5. The van der Waals surface area contributed by atoms with Crippen LogP contribution in [0, 0.1) is 6.92 Å². The Balaban J connectivity index is 2.97. The fourth-order valence-corrected chi connectivity index (χ4v) is 1.28. The lowest BCUT2D eigenvalue weighted by molar-refractivity contribution is -0.116. The number of carbonyl (C=O) groups excluding carboxylic acids is 1. The molecule has 0 aliphatic heterocycles. The van der Waals surface area contributed by atoms with Crippen LogP contribution in [0.2, 0.25) is 5.15 Å². The van der Waals surface area contributed by atoms with Gasteiger partial charge in [-0.2, -0.15) is 5.10 Å². The fourth-order valence-electron chi connectivity index (χ4n) is 1.04. The van der Waals surface area contributed by atoms with Crippen LogP contribution in [0.5, 0.6) is 0 Å². The third-order valence-corrected chi connectivity index (χ3v) is 2.19. The van der Waals surface area contributed by atoms with Gasteiger partial charge in [-0.05, 0) is 13.0 Å². The predicted octanol–water partition coefficient (Wildman–Crippen LogP) is 0.385. The van der Waals surface area contributed by atoms with Crippen LogP contribution in [0.4, 0.5) is 0 Å². The highest BCUT2D eigenvalue weighted by Crippen LogP contribution is 2.19. The number of carbonyl (C=O) groups is 1. The molecule has 5 nitrogen and oxygen atoms in total. The molecule has 0 saturated heterocycles. The second-order valence-electron chi connectivity index (χ2n) is 2.76. The number of halogens is 1. The zero-order chi connectivity index (χ0) is 10.7. The zero-order valence-electron chi connectivity index (χ0n) is 7.91. The van der Waals surface area contributed by atoms with Gasteiger partial charge in [-0.15, -0.1) is 0 Å². The summed E-state index contributed by atoms with van der Waals surface area (Å²) in [7, 11) is 1.73. The zero-order valence-corrected chi connectivity index (χ0v) is 8.67. The van der Waals surface area contributed by atoms with Crippen molar-refractivity contribution >= 4 is 23.6 Å². The smallest absolute Gasteiger partial charge is 0.257 e. The molecule has 0 fully saturated rings. The van der Waals surface area contributed by atoms with Gasteiger partial charge in [0.15, 0.2) is 0 Å². The van der Waals surface area contributed by atoms with Crippen LogP contribution in [-0.2, 0) is 11.8 Å². The first-order valence-electron chi connectivity index (χ1n) is 3.94. The molecule has 1 rings (SSSR count). The Bertz CT molecular complexity index is 383. The van der Waals surface area contributed by atoms with E-state index in [0.29, 0.717) is 5.15 Å². The van der Waals surface area contributed by atoms with Gasteiger partial charge in [0.1, 0.15) is 5.15 Å². The molecule has 0 bridgehead atoms. The van der Waals surface area contributed by atoms with Gasteiger partial charge in [0.25, 0.3) is 5.91 Å². The normalized spacial score (nSPS) is 10.9. The molecule has 0 atom stereocenters. The maximum atomic E-state index is 10.8. The summed E-state index contributed by atoms with van der Waals surface area (Å²) in [6.07, 6.45) is 2.88. The summed E-state index contributed by atoms with van der Waals surface area (Å²) >= 11 is 5.93. The molecule has 76 valence electrons. The molecule has 0 saturated carbocycles. The van der Waals surface area contributed by atoms with Crippen LogP contribution in [0.3, 0.4) is 0 Å². The van der Waals surface area contributed by atoms with Gasteiger partial charge in [-0.3, -0.25) is 14.9 Å². The lowest BCUT2D eigenvalue weighted by Gasteiger charge is -1.92. The van der Waals surface area contributed by atoms with Gasteiger partial charge in [0, 0.05) is 18.7 Å². The van der Waals surface area contributed by atoms with Gasteiger partial charge < -0.3 is 0 Å². The molecule has 0 aliphatic rings. The number of hydrazine groups is 1. The summed E-state index contributed by atoms with van der Waals surface area (Å²) in [6, 6.07) is 0. The lowest BCUT2D eigenvalue weighted by Crippen LogP contribution is -2.27. The Labute approximate surface area is 86.5 Å². The van der Waals surface area contributed by atoms with Crippen LogP contribution in [0.25, 0.3) is 6.08 Å². The molecule has 1 aromatic heterocycles. The summed E-state index contributed by atoms with van der Waals surface area (Å²) in [5.74, 6) is 4.53. The van der Waals surface area contributed by atoms with E-state index in [0.717, 1.165) is 11.3 Å². The molecule has 1 amide bonds. The van der Waals surface area contributed by atoms with Crippen molar-refractivity contribution in [2.24, 2.45) is 12.9 Å². The Morgan fingerprint density at radius 2 is 2.36 bits per heavy atom. The van der Waals surface area contributed by atoms with E-state index >= 15 is 0 Å². The summed E-state index contributed by atoms with van der Waals surface area (Å²) < 4.78 is 1.54. The highest BCUT2D eigenvalue weighted by molar-refractivity contribution is 6.31. The molecule has 0 aromatic carbocycles. The van der Waals surface area contributed by atoms with Crippen molar-refractivity contribution in [3.63, 3.8) is 0 Å². The van der Waals surface area contributed by atoms with E-state index in [1.807, 2.05) is 12.3 Å². The predicted molar refractivity (Wildman–Crippen MR) is 54.3 cm³/mol. The number of nitrogens with zero attached hydrogens (tertiary/aromatic N) is 2. The van der Waals surface area contributed by atoms with Gasteiger partial charge in [-0.1, -0.05) is 11.6 Å². The molecule has 0 spiro atoms. The standard InChI is InChI=1S/C8H11ClN4O/c1-5-6(3-4-7(14)11-10)8(9)13(2)12-5/h3-4H,10H2,1-2H3,(H,11,14)/b4-3+. The fraction of sp³-hybridized carbons (Fsp3) is 0.250. The van der Waals surface area contributed by atoms with Crippen molar-refractivity contribution < 1.29 is 4.79 Å². The molecular weight excluding hydrogens is 204 g/mol. The topological polar surface area (TPSA) is 72.9 Å². The first-order valence-corrected chi connectivity index (χ1v) is 4.31. The molecular formula is C8H11ClN4O. The number of aryl methyl sites for hydroxylation is 2. The number of nitrogens with two attached hydrogens (primary N) is 1. The number of hydrogen-bond donors (Lipinski definition) is 2. The van der Waals surface area contributed by atoms with E-state index in [4.69, 9.17) is 17.4 Å². The summed E-state index contributed by atoms with van der Waals surface area (Å²) in [5.41, 5.74) is 3.47. The van der Waals surface area contributed by atoms with Gasteiger partial charge in [0.05, 0.1) is 5.69 Å². The first kappa shape index (κ1) is 10.7. The molecule has 6 heteroatoms. The van der Waals surface area contributed by atoms with Gasteiger partial charge in [0.2, 0.25) is 0 Å². The monoisotopic (exact) mass is 214 g/mol. The van der Waals surface area contributed by atoms with Crippen molar-refractivity contribution in [2.45, 2.75) is 6.92 Å². The molecule has 3 N–H and O–H groups in total. The number of aromatic nitrogens is 2. The Hall–Kier alpha value is -1.33. The third-order valence-electron chi connectivity index (χ3n) is 1.74. The van der Waals surface area contributed by atoms with Crippen molar-refractivity contribution in [2.75, 3.05) is 0 Å². The molecule has 1 aromatic rings. The summed E-state index contributed by atoms with van der Waals surface area (Å²) in [6.45, 7) is 1.81. The van der Waals surface area contributed by atoms with Crippen LogP contribution < -0.4 is 11.3 Å². The summed E-state index contributed by atoms with van der Waals surface area (Å²) in [5, 5.41) is 4.57. The minimum Gasteiger partial charge on any atom is -0.291 e. The van der Waals surface area contributed by atoms with Crippen molar-refractivity contribution in [3.8, 4) is 0 Å². The van der Waals surface area contributed by atoms with E-state index in [9.17, 15) is 4.79 Å². The van der Waals surface area contributed by atoms with Crippen molar-refractivity contribution in [1.82, 2.24) is 15.2 Å². The first-order chi connectivity index (χ1) is 6.56. The molecule has 0 aliphatic carbocycles. The Morgan fingerprint density at radius 1 is 1.71 bits per heavy atom. The molecule has 0 unspecified atom stereocenters. The van der Waals surface area contributed by atoms with Crippen LogP contribution in [0.1, 0.15) is 11.3 Å². The van der Waals surface area contributed by atoms with Crippen LogP contribution in [-0.4, -0.2) is 15.7 Å². The maximum Gasteiger partial charge on any atom is 0.257 e. The quantitative estimate of drug-likeness (QED) is 0.324. The highest BCUT2D eigenvalue weighted by Gasteiger charge is 2.07. The second-order valence-corrected chi connectivity index (χ2v) is 3.11. The van der Waals surface area contributed by atoms with E-state index in [1.165, 1.54) is 10.8 Å². The van der Waals surface area contributed by atoms with Crippen LogP contribution in [0.15, 0.2) is 6.08 Å². The lowest BCUT2D eigenvalue weighted by atomic mass is 10.2. The number of rotatable bonds is 2. The minimum absolute atomic E-state index is 0.385. The minimum atomic E-state index is -0.385. The number of hydrogen-bond acceptors (Lipinski definition) is 3. The molecule has 1 heterocycles. The SMILES string of the molecule is Cc1nn(C)c(Cl)c1/C=C/C(=O)NN.